The Morgan fingerprint density at radius 3 is 2.77 bits per heavy atom. The second-order valence-electron chi connectivity index (χ2n) is 6.66. The topological polar surface area (TPSA) is 80.9 Å². The van der Waals surface area contributed by atoms with Crippen LogP contribution in [0.3, 0.4) is 0 Å². The Balaban J connectivity index is 2.06. The SMILES string of the molecule is C[C@H](N)c1nc2ccc(F)cc2c(C(=O)NC2CC2)c1-c1ccccn1. The zero-order valence-corrected chi connectivity index (χ0v) is 14.4. The molecule has 1 fully saturated rings. The summed E-state index contributed by atoms with van der Waals surface area (Å²) in [5, 5.41) is 3.47. The summed E-state index contributed by atoms with van der Waals surface area (Å²) in [5.41, 5.74) is 8.82. The van der Waals surface area contributed by atoms with Gasteiger partial charge in [0.25, 0.3) is 5.91 Å². The molecular formula is C20H19FN4O. The summed E-state index contributed by atoms with van der Waals surface area (Å²) in [5.74, 6) is -0.659. The number of amides is 1. The van der Waals surface area contributed by atoms with Crippen molar-refractivity contribution in [1.29, 1.82) is 0 Å². The van der Waals surface area contributed by atoms with E-state index < -0.39 is 11.9 Å². The van der Waals surface area contributed by atoms with Crippen LogP contribution in [0.2, 0.25) is 0 Å². The molecule has 2 aromatic heterocycles. The monoisotopic (exact) mass is 350 g/mol. The Bertz CT molecular complexity index is 984. The maximum Gasteiger partial charge on any atom is 0.252 e. The lowest BCUT2D eigenvalue weighted by Gasteiger charge is -2.18. The summed E-state index contributed by atoms with van der Waals surface area (Å²) in [6.07, 6.45) is 3.57. The third kappa shape index (κ3) is 3.04. The molecule has 1 saturated carbocycles. The van der Waals surface area contributed by atoms with Crippen LogP contribution in [0.15, 0.2) is 42.6 Å². The molecule has 1 aliphatic rings. The highest BCUT2D eigenvalue weighted by Gasteiger charge is 2.29. The van der Waals surface area contributed by atoms with Crippen molar-refractivity contribution < 1.29 is 9.18 Å². The molecule has 0 unspecified atom stereocenters. The first-order valence-corrected chi connectivity index (χ1v) is 8.65. The van der Waals surface area contributed by atoms with E-state index in [1.165, 1.54) is 12.1 Å². The molecule has 1 atom stereocenters. The molecule has 132 valence electrons. The fraction of sp³-hybridized carbons (Fsp3) is 0.250. The van der Waals surface area contributed by atoms with Gasteiger partial charge in [-0.25, -0.2) is 4.39 Å². The van der Waals surface area contributed by atoms with Crippen molar-refractivity contribution in [1.82, 2.24) is 15.3 Å². The minimum atomic E-state index is -0.416. The van der Waals surface area contributed by atoms with Gasteiger partial charge < -0.3 is 11.1 Å². The molecule has 0 spiro atoms. The van der Waals surface area contributed by atoms with Gasteiger partial charge in [0.1, 0.15) is 5.82 Å². The molecule has 3 aromatic rings. The molecular weight excluding hydrogens is 331 g/mol. The van der Waals surface area contributed by atoms with Crippen molar-refractivity contribution in [2.75, 3.05) is 0 Å². The van der Waals surface area contributed by atoms with Gasteiger partial charge in [0.15, 0.2) is 0 Å². The van der Waals surface area contributed by atoms with E-state index in [2.05, 4.69) is 15.3 Å². The number of hydrogen-bond donors (Lipinski definition) is 2. The maximum absolute atomic E-state index is 13.9. The molecule has 1 amide bonds. The average Bonchev–Trinajstić information content (AvgIpc) is 3.44. The molecule has 0 bridgehead atoms. The van der Waals surface area contributed by atoms with Gasteiger partial charge in [-0.15, -0.1) is 0 Å². The molecule has 4 rings (SSSR count). The van der Waals surface area contributed by atoms with Crippen LogP contribution in [-0.4, -0.2) is 21.9 Å². The lowest BCUT2D eigenvalue weighted by Crippen LogP contribution is -2.27. The average molecular weight is 350 g/mol. The van der Waals surface area contributed by atoms with Crippen LogP contribution in [0.1, 0.15) is 41.9 Å². The van der Waals surface area contributed by atoms with Crippen LogP contribution in [0.4, 0.5) is 4.39 Å². The van der Waals surface area contributed by atoms with Gasteiger partial charge in [-0.05, 0) is 50.1 Å². The van der Waals surface area contributed by atoms with E-state index in [1.807, 2.05) is 19.1 Å². The lowest BCUT2D eigenvalue weighted by molar-refractivity contribution is 0.0953. The number of nitrogens with zero attached hydrogens (tertiary/aromatic N) is 2. The van der Waals surface area contributed by atoms with Gasteiger partial charge in [-0.2, -0.15) is 0 Å². The van der Waals surface area contributed by atoms with Crippen molar-refractivity contribution in [3.05, 3.63) is 59.7 Å². The molecule has 0 radical (unpaired) electrons. The number of carbonyl (C=O) groups is 1. The number of hydrogen-bond acceptors (Lipinski definition) is 4. The first kappa shape index (κ1) is 16.6. The van der Waals surface area contributed by atoms with Crippen LogP contribution >= 0.6 is 0 Å². The third-order valence-electron chi connectivity index (χ3n) is 4.47. The van der Waals surface area contributed by atoms with E-state index in [1.54, 1.807) is 18.3 Å². The molecule has 5 nitrogen and oxygen atoms in total. The molecule has 3 N–H and O–H groups in total. The summed E-state index contributed by atoms with van der Waals surface area (Å²) in [7, 11) is 0. The Morgan fingerprint density at radius 1 is 1.31 bits per heavy atom. The van der Waals surface area contributed by atoms with Gasteiger partial charge in [0.05, 0.1) is 22.5 Å². The molecule has 0 aliphatic heterocycles. The Hall–Kier alpha value is -2.86. The summed E-state index contributed by atoms with van der Waals surface area (Å²) >= 11 is 0. The van der Waals surface area contributed by atoms with Gasteiger partial charge in [-0.3, -0.25) is 14.8 Å². The Labute approximate surface area is 150 Å². The predicted octanol–water partition coefficient (Wildman–Crippen LogP) is 3.35. The van der Waals surface area contributed by atoms with Gasteiger partial charge in [-0.1, -0.05) is 6.07 Å². The molecule has 26 heavy (non-hydrogen) atoms. The van der Waals surface area contributed by atoms with Crippen molar-refractivity contribution in [3.63, 3.8) is 0 Å². The van der Waals surface area contributed by atoms with Crippen LogP contribution in [0.25, 0.3) is 22.2 Å². The summed E-state index contributed by atoms with van der Waals surface area (Å²) in [6.45, 7) is 1.81. The number of pyridine rings is 2. The van der Waals surface area contributed by atoms with E-state index in [0.29, 0.717) is 33.4 Å². The highest BCUT2D eigenvalue weighted by Crippen LogP contribution is 2.34. The van der Waals surface area contributed by atoms with Crippen molar-refractivity contribution in [3.8, 4) is 11.3 Å². The zero-order chi connectivity index (χ0) is 18.3. The second-order valence-corrected chi connectivity index (χ2v) is 6.66. The van der Waals surface area contributed by atoms with Gasteiger partial charge in [0.2, 0.25) is 0 Å². The number of nitrogens with two attached hydrogens (primary N) is 1. The first-order valence-electron chi connectivity index (χ1n) is 8.65. The molecule has 2 heterocycles. The fourth-order valence-corrected chi connectivity index (χ4v) is 3.07. The fourth-order valence-electron chi connectivity index (χ4n) is 3.07. The second kappa shape index (κ2) is 6.46. The number of carbonyl (C=O) groups excluding carboxylic acids is 1. The Morgan fingerprint density at radius 2 is 2.12 bits per heavy atom. The minimum absolute atomic E-state index is 0.176. The van der Waals surface area contributed by atoms with E-state index in [0.717, 1.165) is 12.8 Å². The van der Waals surface area contributed by atoms with Crippen molar-refractivity contribution >= 4 is 16.8 Å². The highest BCUT2D eigenvalue weighted by molar-refractivity contribution is 6.12. The number of rotatable bonds is 4. The Kier molecular flexibility index (Phi) is 4.12. The quantitative estimate of drug-likeness (QED) is 0.756. The number of halogens is 1. The summed E-state index contributed by atoms with van der Waals surface area (Å²) < 4.78 is 13.9. The molecule has 6 heteroatoms. The maximum atomic E-state index is 13.9. The zero-order valence-electron chi connectivity index (χ0n) is 14.4. The number of fused-ring (bicyclic) bond motifs is 1. The summed E-state index contributed by atoms with van der Waals surface area (Å²) in [6, 6.07) is 9.47. The minimum Gasteiger partial charge on any atom is -0.349 e. The van der Waals surface area contributed by atoms with Crippen molar-refractivity contribution in [2.45, 2.75) is 31.8 Å². The predicted molar refractivity (Wildman–Crippen MR) is 98.0 cm³/mol. The van der Waals surface area contributed by atoms with E-state index in [-0.39, 0.29) is 11.9 Å². The molecule has 0 saturated heterocycles. The number of aromatic nitrogens is 2. The van der Waals surface area contributed by atoms with Crippen LogP contribution < -0.4 is 11.1 Å². The van der Waals surface area contributed by atoms with E-state index in [9.17, 15) is 9.18 Å². The van der Waals surface area contributed by atoms with Crippen molar-refractivity contribution in [2.24, 2.45) is 5.73 Å². The normalized spacial score (nSPS) is 15.0. The highest BCUT2D eigenvalue weighted by atomic mass is 19.1. The third-order valence-corrected chi connectivity index (χ3v) is 4.47. The lowest BCUT2D eigenvalue weighted by atomic mass is 9.94. The van der Waals surface area contributed by atoms with E-state index in [4.69, 9.17) is 5.73 Å². The van der Waals surface area contributed by atoms with E-state index >= 15 is 0 Å². The standard InChI is InChI=1S/C20H19FN4O/c1-11(22)19-18(16-4-2-3-9-23-16)17(20(26)24-13-6-7-13)14-10-12(21)5-8-15(14)25-19/h2-5,8-11,13H,6-7,22H2,1H3,(H,24,26)/t11-/m0/s1. The van der Waals surface area contributed by atoms with Crippen LogP contribution in [0.5, 0.6) is 0 Å². The molecule has 1 aromatic carbocycles. The molecule has 1 aliphatic carbocycles. The smallest absolute Gasteiger partial charge is 0.252 e. The van der Waals surface area contributed by atoms with Crippen LogP contribution in [0, 0.1) is 5.82 Å². The number of nitrogens with one attached hydrogen (secondary N) is 1. The van der Waals surface area contributed by atoms with Crippen LogP contribution in [-0.2, 0) is 0 Å². The number of benzene rings is 1. The summed E-state index contributed by atoms with van der Waals surface area (Å²) in [4.78, 5) is 22.1. The van der Waals surface area contributed by atoms with Gasteiger partial charge in [0, 0.05) is 29.2 Å². The first-order chi connectivity index (χ1) is 12.5. The largest absolute Gasteiger partial charge is 0.349 e. The van der Waals surface area contributed by atoms with Gasteiger partial charge >= 0.3 is 0 Å².